The lowest BCUT2D eigenvalue weighted by molar-refractivity contribution is -0.145. The zero-order valence-corrected chi connectivity index (χ0v) is 27.4. The maximum atomic E-state index is 13.5. The summed E-state index contributed by atoms with van der Waals surface area (Å²) in [5, 5.41) is 2.42. The molecule has 1 aromatic carbocycles. The van der Waals surface area contributed by atoms with Crippen molar-refractivity contribution in [2.24, 2.45) is 5.92 Å². The fourth-order valence-electron chi connectivity index (χ4n) is 4.47. The summed E-state index contributed by atoms with van der Waals surface area (Å²) in [6.45, 7) is 7.71. The van der Waals surface area contributed by atoms with Crippen LogP contribution in [0.1, 0.15) is 65.4 Å². The minimum atomic E-state index is -4.17. The number of esters is 1. The highest BCUT2D eigenvalue weighted by molar-refractivity contribution is 7.72. The predicted octanol–water partition coefficient (Wildman–Crippen LogP) is 5.68. The number of piperidine rings is 1. The number of hydrogen-bond donors (Lipinski definition) is 1. The van der Waals surface area contributed by atoms with Gasteiger partial charge < -0.3 is 37.8 Å². The second-order valence-electron chi connectivity index (χ2n) is 9.67. The molecule has 0 spiro atoms. The van der Waals surface area contributed by atoms with E-state index < -0.39 is 32.6 Å². The van der Waals surface area contributed by atoms with Gasteiger partial charge in [-0.3, -0.25) is 18.7 Å². The molecule has 1 aromatic rings. The number of likely N-dealkylation sites (tertiary alicyclic amines) is 1. The fraction of sp³-hybridized carbons (Fsp3) is 0.679. The van der Waals surface area contributed by atoms with Gasteiger partial charge in [0.2, 0.25) is 11.4 Å². The van der Waals surface area contributed by atoms with Crippen LogP contribution in [0.2, 0.25) is 0 Å². The van der Waals surface area contributed by atoms with Crippen LogP contribution in [0.25, 0.3) is 0 Å². The highest BCUT2D eigenvalue weighted by Crippen LogP contribution is 2.69. The monoisotopic (exact) mass is 648 g/mol. The van der Waals surface area contributed by atoms with Crippen molar-refractivity contribution in [1.29, 1.82) is 0 Å². The summed E-state index contributed by atoms with van der Waals surface area (Å²) in [6.07, 6.45) is 1.26. The van der Waals surface area contributed by atoms with Gasteiger partial charge in [-0.1, -0.05) is 30.3 Å². The van der Waals surface area contributed by atoms with Gasteiger partial charge in [-0.2, -0.15) is 0 Å². The molecule has 0 aromatic heterocycles. The van der Waals surface area contributed by atoms with Crippen molar-refractivity contribution >= 4 is 33.2 Å². The molecule has 15 heteroatoms. The second kappa shape index (κ2) is 19.2. The van der Waals surface area contributed by atoms with Crippen LogP contribution in [0.15, 0.2) is 30.3 Å². The zero-order chi connectivity index (χ0) is 31.7. The topological polar surface area (TPSA) is 156 Å². The van der Waals surface area contributed by atoms with Gasteiger partial charge in [-0.15, -0.1) is 0 Å². The minimum absolute atomic E-state index is 0.0361. The van der Waals surface area contributed by atoms with Crippen molar-refractivity contribution < 1.29 is 51.1 Å². The van der Waals surface area contributed by atoms with Crippen molar-refractivity contribution in [3.8, 4) is 0 Å². The number of nitrogens with zero attached hydrogens (tertiary/aromatic N) is 1. The third-order valence-electron chi connectivity index (χ3n) is 6.55. The number of amides is 2. The third kappa shape index (κ3) is 12.3. The molecular formula is C28H46N2O11P2. The molecule has 43 heavy (non-hydrogen) atoms. The Hall–Kier alpha value is -2.27. The lowest BCUT2D eigenvalue weighted by Gasteiger charge is -2.31. The van der Waals surface area contributed by atoms with E-state index in [1.54, 1.807) is 32.6 Å². The van der Waals surface area contributed by atoms with Gasteiger partial charge in [-0.05, 0) is 58.4 Å². The van der Waals surface area contributed by atoms with E-state index in [4.69, 9.17) is 27.6 Å². The normalized spacial score (nSPS) is 14.5. The average molecular weight is 649 g/mol. The molecule has 1 N–H and O–H groups in total. The number of rotatable bonds is 19. The Morgan fingerprint density at radius 1 is 0.837 bits per heavy atom. The van der Waals surface area contributed by atoms with Gasteiger partial charge in [0.25, 0.3) is 0 Å². The van der Waals surface area contributed by atoms with E-state index in [1.807, 2.05) is 30.3 Å². The molecule has 1 aliphatic heterocycles. The smallest absolute Gasteiger partial charge is 0.410 e. The summed E-state index contributed by atoms with van der Waals surface area (Å²) in [7, 11) is -8.34. The summed E-state index contributed by atoms with van der Waals surface area (Å²) in [5.74, 6) is -1.01. The quantitative estimate of drug-likeness (QED) is 0.145. The molecular weight excluding hydrogens is 602 g/mol. The van der Waals surface area contributed by atoms with E-state index in [0.29, 0.717) is 19.5 Å². The van der Waals surface area contributed by atoms with E-state index in [1.165, 1.54) is 0 Å². The molecule has 13 nitrogen and oxygen atoms in total. The minimum Gasteiger partial charge on any atom is -0.466 e. The lowest BCUT2D eigenvalue weighted by Crippen LogP contribution is -2.39. The van der Waals surface area contributed by atoms with Crippen LogP contribution in [0.5, 0.6) is 0 Å². The van der Waals surface area contributed by atoms with E-state index in [9.17, 15) is 23.5 Å². The van der Waals surface area contributed by atoms with Crippen molar-refractivity contribution in [3.05, 3.63) is 35.9 Å². The molecule has 1 saturated heterocycles. The van der Waals surface area contributed by atoms with Crippen LogP contribution in [-0.4, -0.2) is 74.5 Å². The van der Waals surface area contributed by atoms with Gasteiger partial charge in [0, 0.05) is 19.5 Å². The van der Waals surface area contributed by atoms with E-state index in [2.05, 4.69) is 5.32 Å². The van der Waals surface area contributed by atoms with Crippen LogP contribution >= 0.6 is 15.2 Å². The molecule has 0 radical (unpaired) electrons. The van der Waals surface area contributed by atoms with Gasteiger partial charge in [0.1, 0.15) is 6.61 Å². The Balaban J connectivity index is 1.78. The Kier molecular flexibility index (Phi) is 16.5. The van der Waals surface area contributed by atoms with E-state index in [-0.39, 0.29) is 64.5 Å². The zero-order valence-electron chi connectivity index (χ0n) is 25.6. The van der Waals surface area contributed by atoms with Crippen molar-refractivity contribution in [3.63, 3.8) is 0 Å². The lowest BCUT2D eigenvalue weighted by atomic mass is 9.94. The Bertz CT molecular complexity index is 1050. The summed E-state index contributed by atoms with van der Waals surface area (Å²) >= 11 is 0. The van der Waals surface area contributed by atoms with Crippen LogP contribution in [0.4, 0.5) is 4.79 Å². The number of benzene rings is 1. The van der Waals surface area contributed by atoms with Gasteiger partial charge >= 0.3 is 27.3 Å². The third-order valence-corrected chi connectivity index (χ3v) is 12.2. The standard InChI is InChI=1S/C28H46N2O11P2/c1-5-38-42(34,39-6-2)27(43(35,40-7-3)41-8-4)29-25(31)14-15-26(32)36-21-18-23-16-19-30(20-17-23)28(33)37-22-24-12-10-9-11-13-24/h9-13,23,27H,5-8,14-22H2,1-4H3,(H,29,31). The van der Waals surface area contributed by atoms with Crippen LogP contribution in [0.3, 0.4) is 0 Å². The van der Waals surface area contributed by atoms with Gasteiger partial charge in [0.15, 0.2) is 0 Å². The highest BCUT2D eigenvalue weighted by atomic mass is 31.2. The molecule has 1 heterocycles. The van der Waals surface area contributed by atoms with Crippen LogP contribution in [0, 0.1) is 5.92 Å². The molecule has 2 amide bonds. The van der Waals surface area contributed by atoms with Crippen LogP contribution in [-0.2, 0) is 52.9 Å². The number of hydrogen-bond acceptors (Lipinski definition) is 11. The molecule has 0 saturated carbocycles. The van der Waals surface area contributed by atoms with Gasteiger partial charge in [0.05, 0.1) is 39.5 Å². The van der Waals surface area contributed by atoms with E-state index >= 15 is 0 Å². The Labute approximate surface area is 254 Å². The molecule has 0 atom stereocenters. The Morgan fingerprint density at radius 3 is 1.88 bits per heavy atom. The first-order chi connectivity index (χ1) is 20.6. The molecule has 0 aliphatic carbocycles. The first-order valence-electron chi connectivity index (χ1n) is 14.8. The van der Waals surface area contributed by atoms with Crippen molar-refractivity contribution in [2.45, 2.75) is 71.9 Å². The maximum absolute atomic E-state index is 13.5. The highest BCUT2D eigenvalue weighted by Gasteiger charge is 2.52. The van der Waals surface area contributed by atoms with E-state index in [0.717, 1.165) is 18.4 Å². The second-order valence-corrected chi connectivity index (χ2v) is 14.3. The molecule has 1 aliphatic rings. The Morgan fingerprint density at radius 2 is 1.37 bits per heavy atom. The summed E-state index contributed by atoms with van der Waals surface area (Å²) in [5.41, 5.74) is -0.776. The van der Waals surface area contributed by atoms with Gasteiger partial charge in [-0.25, -0.2) is 4.79 Å². The van der Waals surface area contributed by atoms with Crippen LogP contribution < -0.4 is 5.32 Å². The summed E-state index contributed by atoms with van der Waals surface area (Å²) in [6, 6.07) is 9.49. The summed E-state index contributed by atoms with van der Waals surface area (Å²) in [4.78, 5) is 39.1. The largest absolute Gasteiger partial charge is 0.466 e. The predicted molar refractivity (Wildman–Crippen MR) is 159 cm³/mol. The number of carbonyl (C=O) groups excluding carboxylic acids is 3. The molecule has 2 rings (SSSR count). The summed E-state index contributed by atoms with van der Waals surface area (Å²) < 4.78 is 59.0. The first-order valence-corrected chi connectivity index (χ1v) is 18.0. The molecule has 244 valence electrons. The van der Waals surface area contributed by atoms with Crippen molar-refractivity contribution in [2.75, 3.05) is 46.1 Å². The fourth-order valence-corrected chi connectivity index (χ4v) is 9.41. The maximum Gasteiger partial charge on any atom is 0.410 e. The number of nitrogens with one attached hydrogen (secondary N) is 1. The molecule has 1 fully saturated rings. The van der Waals surface area contributed by atoms with Crippen molar-refractivity contribution in [1.82, 2.24) is 10.2 Å². The first kappa shape index (κ1) is 36.9. The number of ether oxygens (including phenoxy) is 2. The number of carbonyl (C=O) groups is 3. The molecule has 0 unspecified atom stereocenters. The SMILES string of the molecule is CCOP(=O)(OCC)C(NC(=O)CCC(=O)OCCC1CCN(C(=O)OCc2ccccc2)CC1)P(=O)(OCC)OCC. The average Bonchev–Trinajstić information content (AvgIpc) is 2.99. The molecule has 0 bridgehead atoms.